The number of benzene rings is 1. The topological polar surface area (TPSA) is 46.2 Å². The molecular formula is C13H18FNO2S2. The Morgan fingerprint density at radius 3 is 2.63 bits per heavy atom. The summed E-state index contributed by atoms with van der Waals surface area (Å²) in [4.78, 5) is -0.277. The standard InChI is InChI=1S/C13H18FNO2S2/c14-12-7-3-4-8-13(12)19(16,17)15-9-10-18-11-5-1-2-6-11/h3-4,7-8,11,15H,1-2,5-6,9-10H2. The summed E-state index contributed by atoms with van der Waals surface area (Å²) in [5.41, 5.74) is 0. The van der Waals surface area contributed by atoms with Crippen LogP contribution in [0.5, 0.6) is 0 Å². The van der Waals surface area contributed by atoms with Crippen LogP contribution in [0.15, 0.2) is 29.2 Å². The zero-order chi connectivity index (χ0) is 13.7. The van der Waals surface area contributed by atoms with Crippen LogP contribution < -0.4 is 4.72 Å². The third kappa shape index (κ3) is 4.19. The molecule has 0 bridgehead atoms. The summed E-state index contributed by atoms with van der Waals surface area (Å²) in [6.45, 7) is 0.345. The van der Waals surface area contributed by atoms with Crippen LogP contribution in [0.4, 0.5) is 4.39 Å². The van der Waals surface area contributed by atoms with Gasteiger partial charge in [-0.2, -0.15) is 11.8 Å². The Labute approximate surface area is 118 Å². The van der Waals surface area contributed by atoms with Crippen molar-refractivity contribution in [2.75, 3.05) is 12.3 Å². The monoisotopic (exact) mass is 303 g/mol. The van der Waals surface area contributed by atoms with E-state index < -0.39 is 15.8 Å². The van der Waals surface area contributed by atoms with Crippen molar-refractivity contribution in [2.24, 2.45) is 0 Å². The van der Waals surface area contributed by atoms with Crippen molar-refractivity contribution in [3.63, 3.8) is 0 Å². The fraction of sp³-hybridized carbons (Fsp3) is 0.538. The van der Waals surface area contributed by atoms with E-state index in [1.165, 1.54) is 43.9 Å². The minimum Gasteiger partial charge on any atom is -0.210 e. The maximum Gasteiger partial charge on any atom is 0.243 e. The van der Waals surface area contributed by atoms with E-state index in [1.807, 2.05) is 0 Å². The van der Waals surface area contributed by atoms with Crippen LogP contribution in [0.3, 0.4) is 0 Å². The second-order valence-electron chi connectivity index (χ2n) is 4.61. The Kier molecular flexibility index (Phi) is 5.24. The molecular weight excluding hydrogens is 285 g/mol. The Bertz CT molecular complexity index is 513. The van der Waals surface area contributed by atoms with Crippen LogP contribution >= 0.6 is 11.8 Å². The number of rotatable bonds is 6. The summed E-state index contributed by atoms with van der Waals surface area (Å²) in [6.07, 6.45) is 5.01. The van der Waals surface area contributed by atoms with Crippen LogP contribution in [0, 0.1) is 5.82 Å². The second-order valence-corrected chi connectivity index (χ2v) is 7.75. The van der Waals surface area contributed by atoms with E-state index in [0.29, 0.717) is 11.8 Å². The molecule has 0 unspecified atom stereocenters. The molecule has 3 nitrogen and oxygen atoms in total. The molecule has 0 radical (unpaired) electrons. The SMILES string of the molecule is O=S(=O)(NCCSC1CCCC1)c1ccccc1F. The first kappa shape index (κ1) is 14.8. The minimum atomic E-state index is -3.73. The Morgan fingerprint density at radius 1 is 1.26 bits per heavy atom. The van der Waals surface area contributed by atoms with Crippen molar-refractivity contribution in [3.8, 4) is 0 Å². The van der Waals surface area contributed by atoms with Gasteiger partial charge in [-0.25, -0.2) is 17.5 Å². The molecule has 1 fully saturated rings. The third-order valence-corrected chi connectivity index (χ3v) is 6.05. The zero-order valence-corrected chi connectivity index (χ0v) is 12.3. The maximum atomic E-state index is 13.4. The molecule has 0 heterocycles. The highest BCUT2D eigenvalue weighted by Crippen LogP contribution is 2.28. The van der Waals surface area contributed by atoms with Crippen LogP contribution in [-0.2, 0) is 10.0 Å². The minimum absolute atomic E-state index is 0.277. The average Bonchev–Trinajstić information content (AvgIpc) is 2.88. The van der Waals surface area contributed by atoms with Gasteiger partial charge in [0.05, 0.1) is 0 Å². The summed E-state index contributed by atoms with van der Waals surface area (Å²) >= 11 is 1.80. The van der Waals surface area contributed by atoms with Gasteiger partial charge in [0, 0.05) is 17.5 Å². The summed E-state index contributed by atoms with van der Waals surface area (Å²) in [6, 6.07) is 5.43. The molecule has 1 aromatic rings. The van der Waals surface area contributed by atoms with Gasteiger partial charge in [-0.3, -0.25) is 0 Å². The van der Waals surface area contributed by atoms with Crippen molar-refractivity contribution in [3.05, 3.63) is 30.1 Å². The van der Waals surface area contributed by atoms with Gasteiger partial charge in [-0.05, 0) is 25.0 Å². The first-order valence-corrected chi connectivity index (χ1v) is 8.98. The van der Waals surface area contributed by atoms with Gasteiger partial charge in [-0.1, -0.05) is 25.0 Å². The van der Waals surface area contributed by atoms with Gasteiger partial charge in [0.25, 0.3) is 0 Å². The molecule has 106 valence electrons. The van der Waals surface area contributed by atoms with Gasteiger partial charge in [0.2, 0.25) is 10.0 Å². The summed E-state index contributed by atoms with van der Waals surface area (Å²) < 4.78 is 39.6. The van der Waals surface area contributed by atoms with Gasteiger partial charge < -0.3 is 0 Å². The highest BCUT2D eigenvalue weighted by atomic mass is 32.2. The van der Waals surface area contributed by atoms with Gasteiger partial charge >= 0.3 is 0 Å². The summed E-state index contributed by atoms with van der Waals surface area (Å²) in [5, 5.41) is 0.665. The number of halogens is 1. The first-order chi connectivity index (χ1) is 9.09. The van der Waals surface area contributed by atoms with E-state index in [1.54, 1.807) is 11.8 Å². The van der Waals surface area contributed by atoms with Crippen molar-refractivity contribution >= 4 is 21.8 Å². The molecule has 2 rings (SSSR count). The number of sulfonamides is 1. The molecule has 0 spiro atoms. The molecule has 1 aromatic carbocycles. The van der Waals surface area contributed by atoms with E-state index in [0.717, 1.165) is 11.8 Å². The normalized spacial score (nSPS) is 16.9. The van der Waals surface area contributed by atoms with Crippen molar-refractivity contribution in [2.45, 2.75) is 35.8 Å². The molecule has 6 heteroatoms. The van der Waals surface area contributed by atoms with Crippen molar-refractivity contribution in [1.82, 2.24) is 4.72 Å². The lowest BCUT2D eigenvalue weighted by atomic mass is 10.4. The number of hydrogen-bond donors (Lipinski definition) is 1. The lowest BCUT2D eigenvalue weighted by Crippen LogP contribution is -2.27. The molecule has 19 heavy (non-hydrogen) atoms. The second kappa shape index (κ2) is 6.72. The average molecular weight is 303 g/mol. The van der Waals surface area contributed by atoms with Crippen LogP contribution in [0.1, 0.15) is 25.7 Å². The lowest BCUT2D eigenvalue weighted by Gasteiger charge is -2.10. The Balaban J connectivity index is 1.82. The number of hydrogen-bond acceptors (Lipinski definition) is 3. The smallest absolute Gasteiger partial charge is 0.210 e. The molecule has 1 aliphatic carbocycles. The van der Waals surface area contributed by atoms with E-state index in [9.17, 15) is 12.8 Å². The molecule has 0 atom stereocenters. The Morgan fingerprint density at radius 2 is 1.95 bits per heavy atom. The van der Waals surface area contributed by atoms with E-state index in [4.69, 9.17) is 0 Å². The molecule has 1 saturated carbocycles. The predicted octanol–water partition coefficient (Wildman–Crippen LogP) is 2.78. The van der Waals surface area contributed by atoms with Gasteiger partial charge in [0.15, 0.2) is 0 Å². The van der Waals surface area contributed by atoms with Crippen LogP contribution in [0.25, 0.3) is 0 Å². The molecule has 0 aromatic heterocycles. The first-order valence-electron chi connectivity index (χ1n) is 6.45. The third-order valence-electron chi connectivity index (χ3n) is 3.18. The van der Waals surface area contributed by atoms with Crippen LogP contribution in [-0.4, -0.2) is 26.0 Å². The quantitative estimate of drug-likeness (QED) is 0.822. The number of nitrogens with one attached hydrogen (secondary N) is 1. The number of thioether (sulfide) groups is 1. The lowest BCUT2D eigenvalue weighted by molar-refractivity contribution is 0.559. The van der Waals surface area contributed by atoms with E-state index in [2.05, 4.69) is 4.72 Å². The van der Waals surface area contributed by atoms with Crippen molar-refractivity contribution < 1.29 is 12.8 Å². The molecule has 0 amide bonds. The largest absolute Gasteiger partial charge is 0.243 e. The molecule has 0 aliphatic heterocycles. The Hall–Kier alpha value is -0.590. The summed E-state index contributed by atoms with van der Waals surface area (Å²) in [7, 11) is -3.73. The predicted molar refractivity (Wildman–Crippen MR) is 76.3 cm³/mol. The highest BCUT2D eigenvalue weighted by Gasteiger charge is 2.19. The fourth-order valence-corrected chi connectivity index (χ4v) is 4.65. The van der Waals surface area contributed by atoms with Gasteiger partial charge in [0.1, 0.15) is 10.7 Å². The van der Waals surface area contributed by atoms with Gasteiger partial charge in [-0.15, -0.1) is 0 Å². The highest BCUT2D eigenvalue weighted by molar-refractivity contribution is 8.00. The summed E-state index contributed by atoms with van der Waals surface area (Å²) in [5.74, 6) is 0.0247. The zero-order valence-electron chi connectivity index (χ0n) is 10.6. The molecule has 1 N–H and O–H groups in total. The van der Waals surface area contributed by atoms with Crippen molar-refractivity contribution in [1.29, 1.82) is 0 Å². The molecule has 0 saturated heterocycles. The maximum absolute atomic E-state index is 13.4. The van der Waals surface area contributed by atoms with E-state index in [-0.39, 0.29) is 4.90 Å². The van der Waals surface area contributed by atoms with Crippen LogP contribution in [0.2, 0.25) is 0 Å². The van der Waals surface area contributed by atoms with E-state index >= 15 is 0 Å². The fourth-order valence-electron chi connectivity index (χ4n) is 2.20. The molecule has 1 aliphatic rings.